The van der Waals surface area contributed by atoms with Crippen LogP contribution in [0.3, 0.4) is 0 Å². The van der Waals surface area contributed by atoms with Gasteiger partial charge in [-0.05, 0) is 48.4 Å². The number of rotatable bonds is 2. The quantitative estimate of drug-likeness (QED) is 0.750. The van der Waals surface area contributed by atoms with E-state index in [1.807, 2.05) is 17.0 Å². The van der Waals surface area contributed by atoms with Gasteiger partial charge in [0.05, 0.1) is 5.56 Å². The summed E-state index contributed by atoms with van der Waals surface area (Å²) < 4.78 is 38.9. The minimum Gasteiger partial charge on any atom is -0.368 e. The fourth-order valence-corrected chi connectivity index (χ4v) is 4.09. The highest BCUT2D eigenvalue weighted by Gasteiger charge is 2.31. The van der Waals surface area contributed by atoms with Gasteiger partial charge in [-0.2, -0.15) is 13.2 Å². The average molecular weight is 417 g/mol. The molecule has 0 saturated carbocycles. The summed E-state index contributed by atoms with van der Waals surface area (Å²) in [4.78, 5) is 29.9. The van der Waals surface area contributed by atoms with Crippen molar-refractivity contribution in [1.82, 2.24) is 4.90 Å². The molecule has 8 heteroatoms. The second-order valence-corrected chi connectivity index (χ2v) is 7.59. The Labute approximate surface area is 172 Å². The zero-order chi connectivity index (χ0) is 21.5. The van der Waals surface area contributed by atoms with Crippen LogP contribution in [0.25, 0.3) is 0 Å². The molecule has 1 saturated heterocycles. The Morgan fingerprint density at radius 3 is 2.33 bits per heavy atom. The van der Waals surface area contributed by atoms with E-state index in [0.29, 0.717) is 44.0 Å². The highest BCUT2D eigenvalue weighted by Crippen LogP contribution is 2.32. The molecule has 1 fully saturated rings. The number of anilines is 2. The van der Waals surface area contributed by atoms with Crippen molar-refractivity contribution in [3.63, 3.8) is 0 Å². The number of amides is 2. The van der Waals surface area contributed by atoms with Crippen LogP contribution in [0.2, 0.25) is 0 Å². The molecule has 0 aromatic heterocycles. The molecule has 2 amide bonds. The van der Waals surface area contributed by atoms with Crippen LogP contribution in [0.15, 0.2) is 42.5 Å². The molecule has 5 nitrogen and oxygen atoms in total. The average Bonchev–Trinajstić information content (AvgIpc) is 3.16. The SMILES string of the molecule is CC(=O)N1CCc2cc(C(=O)N3CCN(c4cccc(C(F)(F)F)c4)CC3)ccc21. The second kappa shape index (κ2) is 7.66. The van der Waals surface area contributed by atoms with Crippen LogP contribution in [-0.4, -0.2) is 49.4 Å². The molecule has 0 N–H and O–H groups in total. The molecular formula is C22H22F3N3O2. The molecule has 2 aromatic carbocycles. The highest BCUT2D eigenvalue weighted by atomic mass is 19.4. The number of carbonyl (C=O) groups is 2. The fourth-order valence-electron chi connectivity index (χ4n) is 4.09. The van der Waals surface area contributed by atoms with Crippen molar-refractivity contribution in [1.29, 1.82) is 0 Å². The number of piperazine rings is 1. The lowest BCUT2D eigenvalue weighted by atomic mass is 10.1. The van der Waals surface area contributed by atoms with Gasteiger partial charge in [0, 0.05) is 56.6 Å². The van der Waals surface area contributed by atoms with Gasteiger partial charge in [-0.3, -0.25) is 9.59 Å². The Bertz CT molecular complexity index is 982. The first-order valence-corrected chi connectivity index (χ1v) is 9.86. The summed E-state index contributed by atoms with van der Waals surface area (Å²) in [5, 5.41) is 0. The molecular weight excluding hydrogens is 395 g/mol. The third-order valence-corrected chi connectivity index (χ3v) is 5.71. The predicted molar refractivity (Wildman–Crippen MR) is 108 cm³/mol. The minimum absolute atomic E-state index is 0.0152. The number of nitrogens with zero attached hydrogens (tertiary/aromatic N) is 3. The monoisotopic (exact) mass is 417 g/mol. The van der Waals surface area contributed by atoms with Crippen LogP contribution in [0.4, 0.5) is 24.5 Å². The number of benzene rings is 2. The summed E-state index contributed by atoms with van der Waals surface area (Å²) in [6.07, 6.45) is -3.65. The largest absolute Gasteiger partial charge is 0.416 e. The Morgan fingerprint density at radius 1 is 0.933 bits per heavy atom. The van der Waals surface area contributed by atoms with E-state index in [-0.39, 0.29) is 11.8 Å². The number of carbonyl (C=O) groups excluding carboxylic acids is 2. The molecule has 158 valence electrons. The van der Waals surface area contributed by atoms with Crippen LogP contribution in [-0.2, 0) is 17.4 Å². The smallest absolute Gasteiger partial charge is 0.368 e. The summed E-state index contributed by atoms with van der Waals surface area (Å²) in [6, 6.07) is 10.7. The molecule has 2 aliphatic rings. The number of alkyl halides is 3. The first kappa shape index (κ1) is 20.3. The Morgan fingerprint density at radius 2 is 1.67 bits per heavy atom. The normalized spacial score (nSPS) is 16.6. The van der Waals surface area contributed by atoms with Crippen molar-refractivity contribution in [3.8, 4) is 0 Å². The van der Waals surface area contributed by atoms with Crippen molar-refractivity contribution in [2.24, 2.45) is 0 Å². The van der Waals surface area contributed by atoms with Gasteiger partial charge >= 0.3 is 6.18 Å². The van der Waals surface area contributed by atoms with Gasteiger partial charge in [0.2, 0.25) is 5.91 Å². The molecule has 0 aliphatic carbocycles. The van der Waals surface area contributed by atoms with Crippen LogP contribution >= 0.6 is 0 Å². The van der Waals surface area contributed by atoms with Crippen LogP contribution in [0, 0.1) is 0 Å². The van der Waals surface area contributed by atoms with Crippen LogP contribution < -0.4 is 9.80 Å². The Balaban J connectivity index is 1.43. The van der Waals surface area contributed by atoms with E-state index in [1.165, 1.54) is 13.0 Å². The second-order valence-electron chi connectivity index (χ2n) is 7.59. The third-order valence-electron chi connectivity index (χ3n) is 5.71. The number of halogens is 3. The van der Waals surface area contributed by atoms with Gasteiger partial charge in [-0.25, -0.2) is 0 Å². The van der Waals surface area contributed by atoms with Crippen LogP contribution in [0.1, 0.15) is 28.4 Å². The summed E-state index contributed by atoms with van der Waals surface area (Å²) in [5.41, 5.74) is 2.26. The van der Waals surface area contributed by atoms with Crippen molar-refractivity contribution >= 4 is 23.2 Å². The minimum atomic E-state index is -4.38. The zero-order valence-electron chi connectivity index (χ0n) is 16.6. The van der Waals surface area contributed by atoms with Crippen LogP contribution in [0.5, 0.6) is 0 Å². The maximum absolute atomic E-state index is 13.0. The Kier molecular flexibility index (Phi) is 5.17. The molecule has 2 aliphatic heterocycles. The van der Waals surface area contributed by atoms with Crippen molar-refractivity contribution in [3.05, 3.63) is 59.2 Å². The highest BCUT2D eigenvalue weighted by molar-refractivity contribution is 5.98. The van der Waals surface area contributed by atoms with Gasteiger partial charge in [-0.1, -0.05) is 6.07 Å². The lowest BCUT2D eigenvalue weighted by molar-refractivity contribution is -0.137. The topological polar surface area (TPSA) is 43.9 Å². The van der Waals surface area contributed by atoms with Gasteiger partial charge in [0.25, 0.3) is 5.91 Å². The molecule has 30 heavy (non-hydrogen) atoms. The fraction of sp³-hybridized carbons (Fsp3) is 0.364. The van der Waals surface area contributed by atoms with E-state index in [2.05, 4.69) is 0 Å². The lowest BCUT2D eigenvalue weighted by Crippen LogP contribution is -2.48. The van der Waals surface area contributed by atoms with Gasteiger partial charge in [-0.15, -0.1) is 0 Å². The lowest BCUT2D eigenvalue weighted by Gasteiger charge is -2.36. The van der Waals surface area contributed by atoms with Gasteiger partial charge < -0.3 is 14.7 Å². The Hall–Kier alpha value is -3.03. The van der Waals surface area contributed by atoms with E-state index in [9.17, 15) is 22.8 Å². The predicted octanol–water partition coefficient (Wildman–Crippen LogP) is 3.58. The van der Waals surface area contributed by atoms with E-state index in [4.69, 9.17) is 0 Å². The molecule has 0 bridgehead atoms. The summed E-state index contributed by atoms with van der Waals surface area (Å²) in [5.74, 6) is -0.110. The van der Waals surface area contributed by atoms with E-state index >= 15 is 0 Å². The van der Waals surface area contributed by atoms with Crippen molar-refractivity contribution in [2.75, 3.05) is 42.5 Å². The first-order valence-electron chi connectivity index (χ1n) is 9.86. The molecule has 0 spiro atoms. The van der Waals surface area contributed by atoms with Crippen molar-refractivity contribution in [2.45, 2.75) is 19.5 Å². The molecule has 4 rings (SSSR count). The molecule has 2 aromatic rings. The van der Waals surface area contributed by atoms with E-state index in [1.54, 1.807) is 21.9 Å². The third kappa shape index (κ3) is 3.86. The van der Waals surface area contributed by atoms with Crippen molar-refractivity contribution < 1.29 is 22.8 Å². The maximum Gasteiger partial charge on any atom is 0.416 e. The number of fused-ring (bicyclic) bond motifs is 1. The first-order chi connectivity index (χ1) is 14.2. The number of hydrogen-bond acceptors (Lipinski definition) is 3. The number of hydrogen-bond donors (Lipinski definition) is 0. The molecule has 2 heterocycles. The molecule has 0 atom stereocenters. The zero-order valence-corrected chi connectivity index (χ0v) is 16.6. The van der Waals surface area contributed by atoms with Gasteiger partial charge in [0.15, 0.2) is 0 Å². The summed E-state index contributed by atoms with van der Waals surface area (Å²) in [7, 11) is 0. The molecule has 0 radical (unpaired) electrons. The summed E-state index contributed by atoms with van der Waals surface area (Å²) >= 11 is 0. The van der Waals surface area contributed by atoms with Gasteiger partial charge in [0.1, 0.15) is 0 Å². The van der Waals surface area contributed by atoms with E-state index in [0.717, 1.165) is 29.8 Å². The maximum atomic E-state index is 13.0. The summed E-state index contributed by atoms with van der Waals surface area (Å²) in [6.45, 7) is 3.96. The standard InChI is InChI=1S/C22H22F3N3O2/c1-15(29)28-8-7-16-13-17(5-6-20(16)28)21(30)27-11-9-26(10-12-27)19-4-2-3-18(14-19)22(23,24)25/h2-6,13-14H,7-12H2,1H3. The molecule has 0 unspecified atom stereocenters. The van der Waals surface area contributed by atoms with E-state index < -0.39 is 11.7 Å².